The highest BCUT2D eigenvalue weighted by molar-refractivity contribution is 5.84. The van der Waals surface area contributed by atoms with Crippen LogP contribution in [-0.4, -0.2) is 17.6 Å². The van der Waals surface area contributed by atoms with Crippen LogP contribution in [0.15, 0.2) is 65.6 Å². The molecule has 0 unspecified atom stereocenters. The quantitative estimate of drug-likeness (QED) is 0.563. The van der Waals surface area contributed by atoms with Gasteiger partial charge in [0.25, 0.3) is 0 Å². The Morgan fingerprint density at radius 2 is 1.92 bits per heavy atom. The number of pyridine rings is 1. The van der Waals surface area contributed by atoms with Gasteiger partial charge in [0.15, 0.2) is 5.43 Å². The molecule has 0 fully saturated rings. The Morgan fingerprint density at radius 3 is 2.77 bits per heavy atom. The van der Waals surface area contributed by atoms with Crippen LogP contribution < -0.4 is 10.7 Å². The molecule has 1 aromatic heterocycles. The highest BCUT2D eigenvalue weighted by Crippen LogP contribution is 2.11. The predicted octanol–water partition coefficient (Wildman–Crippen LogP) is 3.20. The van der Waals surface area contributed by atoms with Crippen molar-refractivity contribution in [1.82, 2.24) is 10.3 Å². The minimum Gasteiger partial charge on any atom is -0.445 e. The molecule has 2 aromatic carbocycles. The summed E-state index contributed by atoms with van der Waals surface area (Å²) in [6, 6.07) is 16.4. The van der Waals surface area contributed by atoms with Gasteiger partial charge in [0, 0.05) is 36.2 Å². The third kappa shape index (κ3) is 4.52. The van der Waals surface area contributed by atoms with Crippen LogP contribution in [0.5, 0.6) is 0 Å². The molecule has 0 aliphatic rings. The summed E-state index contributed by atoms with van der Waals surface area (Å²) in [5.74, 6) is 6.03. The summed E-state index contributed by atoms with van der Waals surface area (Å²) in [6.45, 7) is 0.629. The molecule has 2 N–H and O–H groups in total. The van der Waals surface area contributed by atoms with Gasteiger partial charge in [0.05, 0.1) is 5.52 Å². The van der Waals surface area contributed by atoms with E-state index in [4.69, 9.17) is 4.74 Å². The summed E-state index contributed by atoms with van der Waals surface area (Å²) >= 11 is 0. The van der Waals surface area contributed by atoms with E-state index in [1.54, 1.807) is 18.3 Å². The number of para-hydroxylation sites is 1. The van der Waals surface area contributed by atoms with Gasteiger partial charge in [-0.15, -0.1) is 0 Å². The third-order valence-corrected chi connectivity index (χ3v) is 3.75. The van der Waals surface area contributed by atoms with E-state index in [9.17, 15) is 9.59 Å². The standard InChI is InChI=1S/C21H18N2O3/c24-19-12-14-22-20-17(10-6-11-18(19)20)9-4-5-13-23-21(25)26-15-16-7-2-1-3-8-16/h1-3,6-8,10-12,14H,5,13,15H2,(H,22,24)(H,23,25). The number of hydrogen-bond donors (Lipinski definition) is 2. The molecule has 5 nitrogen and oxygen atoms in total. The Hall–Kier alpha value is -3.52. The molecule has 0 aliphatic carbocycles. The lowest BCUT2D eigenvalue weighted by molar-refractivity contribution is 0.140. The maximum atomic E-state index is 11.8. The van der Waals surface area contributed by atoms with Gasteiger partial charge in [-0.25, -0.2) is 4.79 Å². The molecule has 0 saturated carbocycles. The fraction of sp³-hybridized carbons (Fsp3) is 0.143. The summed E-state index contributed by atoms with van der Waals surface area (Å²) in [5.41, 5.74) is 2.38. The summed E-state index contributed by atoms with van der Waals surface area (Å²) in [7, 11) is 0. The van der Waals surface area contributed by atoms with E-state index in [0.717, 1.165) is 16.6 Å². The van der Waals surface area contributed by atoms with Gasteiger partial charge in [-0.3, -0.25) is 4.79 Å². The lowest BCUT2D eigenvalue weighted by Gasteiger charge is -2.05. The molecule has 130 valence electrons. The molecule has 5 heteroatoms. The number of amides is 1. The zero-order valence-corrected chi connectivity index (χ0v) is 14.1. The van der Waals surface area contributed by atoms with Crippen molar-refractivity contribution in [3.63, 3.8) is 0 Å². The maximum absolute atomic E-state index is 11.8. The highest BCUT2D eigenvalue weighted by atomic mass is 16.5. The third-order valence-electron chi connectivity index (χ3n) is 3.75. The topological polar surface area (TPSA) is 71.2 Å². The smallest absolute Gasteiger partial charge is 0.407 e. The molecular formula is C21H18N2O3. The van der Waals surface area contributed by atoms with Crippen LogP contribution in [0.1, 0.15) is 17.5 Å². The fourth-order valence-electron chi connectivity index (χ4n) is 2.47. The van der Waals surface area contributed by atoms with Gasteiger partial charge >= 0.3 is 6.09 Å². The van der Waals surface area contributed by atoms with Crippen molar-refractivity contribution in [3.05, 3.63) is 82.1 Å². The average molecular weight is 346 g/mol. The molecule has 1 heterocycles. The highest BCUT2D eigenvalue weighted by Gasteiger charge is 2.02. The van der Waals surface area contributed by atoms with Gasteiger partial charge in [-0.05, 0) is 17.7 Å². The number of hydrogen-bond acceptors (Lipinski definition) is 3. The minimum atomic E-state index is -0.467. The molecular weight excluding hydrogens is 328 g/mol. The molecule has 0 saturated heterocycles. The Bertz CT molecular complexity index is 1010. The number of aromatic amines is 1. The first kappa shape index (κ1) is 17.3. The van der Waals surface area contributed by atoms with Crippen LogP contribution in [0, 0.1) is 11.8 Å². The number of alkyl carbamates (subject to hydrolysis) is 1. The van der Waals surface area contributed by atoms with Crippen LogP contribution in [0.4, 0.5) is 4.79 Å². The van der Waals surface area contributed by atoms with Gasteiger partial charge in [-0.1, -0.05) is 48.2 Å². The van der Waals surface area contributed by atoms with E-state index in [-0.39, 0.29) is 12.0 Å². The number of benzene rings is 2. The molecule has 0 aliphatic heterocycles. The van der Waals surface area contributed by atoms with Gasteiger partial charge in [-0.2, -0.15) is 0 Å². The zero-order chi connectivity index (χ0) is 18.2. The second-order valence-electron chi connectivity index (χ2n) is 5.61. The molecule has 0 bridgehead atoms. The second-order valence-corrected chi connectivity index (χ2v) is 5.61. The van der Waals surface area contributed by atoms with E-state index >= 15 is 0 Å². The molecule has 0 radical (unpaired) electrons. The Labute approximate surface area is 151 Å². The predicted molar refractivity (Wildman–Crippen MR) is 101 cm³/mol. The first-order chi connectivity index (χ1) is 12.7. The number of ether oxygens (including phenoxy) is 1. The molecule has 3 aromatic rings. The van der Waals surface area contributed by atoms with E-state index in [1.165, 1.54) is 6.07 Å². The van der Waals surface area contributed by atoms with Crippen LogP contribution >= 0.6 is 0 Å². The number of fused-ring (bicyclic) bond motifs is 1. The molecule has 26 heavy (non-hydrogen) atoms. The number of H-pyrrole nitrogens is 1. The monoisotopic (exact) mass is 346 g/mol. The molecule has 0 atom stereocenters. The number of rotatable bonds is 4. The van der Waals surface area contributed by atoms with E-state index in [0.29, 0.717) is 18.4 Å². The van der Waals surface area contributed by atoms with Crippen LogP contribution in [-0.2, 0) is 11.3 Å². The van der Waals surface area contributed by atoms with Gasteiger partial charge < -0.3 is 15.0 Å². The maximum Gasteiger partial charge on any atom is 0.407 e. The van der Waals surface area contributed by atoms with E-state index in [2.05, 4.69) is 22.1 Å². The van der Waals surface area contributed by atoms with Crippen molar-refractivity contribution in [2.24, 2.45) is 0 Å². The van der Waals surface area contributed by atoms with Crippen molar-refractivity contribution < 1.29 is 9.53 Å². The van der Waals surface area contributed by atoms with Gasteiger partial charge in [0.1, 0.15) is 6.61 Å². The van der Waals surface area contributed by atoms with Crippen LogP contribution in [0.3, 0.4) is 0 Å². The summed E-state index contributed by atoms with van der Waals surface area (Å²) in [6.07, 6.45) is 1.62. The lowest BCUT2D eigenvalue weighted by atomic mass is 10.1. The number of carbonyl (C=O) groups is 1. The van der Waals surface area contributed by atoms with E-state index < -0.39 is 6.09 Å². The van der Waals surface area contributed by atoms with Crippen molar-refractivity contribution in [2.75, 3.05) is 6.54 Å². The second kappa shape index (κ2) is 8.54. The Balaban J connectivity index is 1.50. The Morgan fingerprint density at radius 1 is 1.08 bits per heavy atom. The van der Waals surface area contributed by atoms with Crippen molar-refractivity contribution in [1.29, 1.82) is 0 Å². The average Bonchev–Trinajstić information content (AvgIpc) is 2.67. The normalized spacial score (nSPS) is 10.0. The summed E-state index contributed by atoms with van der Waals surface area (Å²) in [4.78, 5) is 26.5. The minimum absolute atomic E-state index is 0.0368. The number of nitrogens with one attached hydrogen (secondary N) is 2. The zero-order valence-electron chi connectivity index (χ0n) is 14.1. The van der Waals surface area contributed by atoms with E-state index in [1.807, 2.05) is 36.4 Å². The van der Waals surface area contributed by atoms with Gasteiger partial charge in [0.2, 0.25) is 0 Å². The van der Waals surface area contributed by atoms with Crippen molar-refractivity contribution >= 4 is 17.0 Å². The molecule has 3 rings (SSSR count). The lowest BCUT2D eigenvalue weighted by Crippen LogP contribution is -2.24. The van der Waals surface area contributed by atoms with Crippen LogP contribution in [0.2, 0.25) is 0 Å². The van der Waals surface area contributed by atoms with Crippen molar-refractivity contribution in [3.8, 4) is 11.8 Å². The molecule has 0 spiro atoms. The SMILES string of the molecule is O=C(NCCC#Cc1cccc2c(=O)cc[nH]c12)OCc1ccccc1. The first-order valence-electron chi connectivity index (χ1n) is 8.28. The largest absolute Gasteiger partial charge is 0.445 e. The summed E-state index contributed by atoms with van der Waals surface area (Å²) in [5, 5.41) is 3.28. The fourth-order valence-corrected chi connectivity index (χ4v) is 2.47. The van der Waals surface area contributed by atoms with Crippen LogP contribution in [0.25, 0.3) is 10.9 Å². The summed E-state index contributed by atoms with van der Waals surface area (Å²) < 4.78 is 5.13. The number of aromatic nitrogens is 1. The first-order valence-corrected chi connectivity index (χ1v) is 8.28. The Kier molecular flexibility index (Phi) is 5.69. The van der Waals surface area contributed by atoms with Crippen molar-refractivity contribution in [2.45, 2.75) is 13.0 Å². The number of carbonyl (C=O) groups excluding carboxylic acids is 1. The molecule has 1 amide bonds.